The molecule has 1 aliphatic rings. The average molecular weight is 291 g/mol. The Hall–Kier alpha value is -1.14. The molecule has 0 bridgehead atoms. The smallest absolute Gasteiger partial charge is 0.391 e. The van der Waals surface area contributed by atoms with Crippen molar-refractivity contribution in [2.24, 2.45) is 11.7 Å². The lowest BCUT2D eigenvalue weighted by atomic mass is 9.90. The second kappa shape index (κ2) is 5.69. The van der Waals surface area contributed by atoms with Crippen molar-refractivity contribution >= 4 is 0 Å². The van der Waals surface area contributed by atoms with Crippen molar-refractivity contribution in [1.29, 1.82) is 0 Å². The first-order valence-electron chi connectivity index (χ1n) is 6.60. The van der Waals surface area contributed by atoms with E-state index < -0.39 is 29.7 Å². The van der Waals surface area contributed by atoms with Gasteiger partial charge in [0, 0.05) is 0 Å². The SMILES string of the molecule is N[C@H](c1cc(F)cc(C(F)(F)F)c1)[C@@H](O)C1CCCC1. The summed E-state index contributed by atoms with van der Waals surface area (Å²) < 4.78 is 51.3. The molecule has 0 unspecified atom stereocenters. The van der Waals surface area contributed by atoms with Gasteiger partial charge in [-0.3, -0.25) is 0 Å². The highest BCUT2D eigenvalue weighted by molar-refractivity contribution is 5.29. The van der Waals surface area contributed by atoms with Crippen LogP contribution in [0, 0.1) is 11.7 Å². The highest BCUT2D eigenvalue weighted by Gasteiger charge is 2.34. The fraction of sp³-hybridized carbons (Fsp3) is 0.571. The largest absolute Gasteiger partial charge is 0.416 e. The molecule has 2 nitrogen and oxygen atoms in total. The van der Waals surface area contributed by atoms with Crippen molar-refractivity contribution < 1.29 is 22.7 Å². The number of rotatable bonds is 3. The third-order valence-electron chi connectivity index (χ3n) is 3.88. The molecule has 1 aromatic rings. The number of hydrogen-bond acceptors (Lipinski definition) is 2. The van der Waals surface area contributed by atoms with Gasteiger partial charge in [-0.1, -0.05) is 12.8 Å². The number of aliphatic hydroxyl groups excluding tert-OH is 1. The van der Waals surface area contributed by atoms with Crippen molar-refractivity contribution in [3.8, 4) is 0 Å². The normalized spacial score (nSPS) is 20.1. The van der Waals surface area contributed by atoms with Crippen LogP contribution in [0.1, 0.15) is 42.9 Å². The Balaban J connectivity index is 2.24. The van der Waals surface area contributed by atoms with E-state index in [0.717, 1.165) is 37.8 Å². The Bertz CT molecular complexity index is 469. The first kappa shape index (κ1) is 15.3. The molecule has 0 heterocycles. The molecule has 112 valence electrons. The van der Waals surface area contributed by atoms with Crippen molar-refractivity contribution in [2.75, 3.05) is 0 Å². The standard InChI is InChI=1S/C14H17F4NO/c15-11-6-9(5-10(7-11)14(16,17)18)12(19)13(20)8-3-1-2-4-8/h5-8,12-13,20H,1-4,19H2/t12-,13+/m1/s1. The van der Waals surface area contributed by atoms with E-state index in [1.54, 1.807) is 0 Å². The lowest BCUT2D eigenvalue weighted by Crippen LogP contribution is -2.32. The fourth-order valence-corrected chi connectivity index (χ4v) is 2.76. The van der Waals surface area contributed by atoms with Gasteiger partial charge in [-0.25, -0.2) is 4.39 Å². The highest BCUT2D eigenvalue weighted by Crippen LogP contribution is 2.35. The van der Waals surface area contributed by atoms with Gasteiger partial charge in [0.2, 0.25) is 0 Å². The summed E-state index contributed by atoms with van der Waals surface area (Å²) in [5, 5.41) is 10.1. The van der Waals surface area contributed by atoms with Crippen molar-refractivity contribution in [2.45, 2.75) is 44.0 Å². The van der Waals surface area contributed by atoms with Gasteiger partial charge < -0.3 is 10.8 Å². The molecular weight excluding hydrogens is 274 g/mol. The van der Waals surface area contributed by atoms with Crippen LogP contribution in [0.4, 0.5) is 17.6 Å². The van der Waals surface area contributed by atoms with Crippen LogP contribution in [0.25, 0.3) is 0 Å². The van der Waals surface area contributed by atoms with E-state index in [1.165, 1.54) is 0 Å². The van der Waals surface area contributed by atoms with Crippen LogP contribution in [0.15, 0.2) is 18.2 Å². The summed E-state index contributed by atoms with van der Waals surface area (Å²) in [7, 11) is 0. The van der Waals surface area contributed by atoms with Crippen molar-refractivity contribution in [3.05, 3.63) is 35.1 Å². The molecule has 0 amide bonds. The van der Waals surface area contributed by atoms with E-state index in [4.69, 9.17) is 5.73 Å². The molecule has 1 aliphatic carbocycles. The molecule has 0 radical (unpaired) electrons. The van der Waals surface area contributed by atoms with Gasteiger partial charge in [0.05, 0.1) is 17.7 Å². The van der Waals surface area contributed by atoms with Crippen molar-refractivity contribution in [1.82, 2.24) is 0 Å². The van der Waals surface area contributed by atoms with Crippen LogP contribution in [-0.2, 0) is 6.18 Å². The Kier molecular flexibility index (Phi) is 4.34. The fourth-order valence-electron chi connectivity index (χ4n) is 2.76. The van der Waals surface area contributed by atoms with Crippen molar-refractivity contribution in [3.63, 3.8) is 0 Å². The number of nitrogens with two attached hydrogens (primary N) is 1. The molecule has 1 fully saturated rings. The highest BCUT2D eigenvalue weighted by atomic mass is 19.4. The van der Waals surface area contributed by atoms with Gasteiger partial charge in [0.15, 0.2) is 0 Å². The quantitative estimate of drug-likeness (QED) is 0.838. The molecule has 2 rings (SSSR count). The number of alkyl halides is 3. The van der Waals surface area contributed by atoms with E-state index in [0.29, 0.717) is 6.07 Å². The topological polar surface area (TPSA) is 46.2 Å². The van der Waals surface area contributed by atoms with Gasteiger partial charge in [0.25, 0.3) is 0 Å². The Morgan fingerprint density at radius 1 is 1.15 bits per heavy atom. The van der Waals surface area contributed by atoms with E-state index in [2.05, 4.69) is 0 Å². The Morgan fingerprint density at radius 3 is 2.30 bits per heavy atom. The molecule has 0 spiro atoms. The van der Waals surface area contributed by atoms with Gasteiger partial charge >= 0.3 is 6.18 Å². The third-order valence-corrected chi connectivity index (χ3v) is 3.88. The monoisotopic (exact) mass is 291 g/mol. The minimum absolute atomic E-state index is 0.0169. The zero-order chi connectivity index (χ0) is 14.9. The molecule has 2 atom stereocenters. The van der Waals surface area contributed by atoms with E-state index in [-0.39, 0.29) is 11.5 Å². The number of hydrogen-bond donors (Lipinski definition) is 2. The minimum Gasteiger partial charge on any atom is -0.391 e. The van der Waals surface area contributed by atoms with Crippen LogP contribution >= 0.6 is 0 Å². The molecule has 6 heteroatoms. The van der Waals surface area contributed by atoms with E-state index >= 15 is 0 Å². The second-order valence-corrected chi connectivity index (χ2v) is 5.33. The van der Waals surface area contributed by atoms with Crippen LogP contribution in [0.2, 0.25) is 0 Å². The molecule has 0 saturated heterocycles. The third kappa shape index (κ3) is 3.30. The van der Waals surface area contributed by atoms with Gasteiger partial charge in [-0.05, 0) is 42.5 Å². The summed E-state index contributed by atoms with van der Waals surface area (Å²) in [5.74, 6) is -1.02. The number of halogens is 4. The van der Waals surface area contributed by atoms with Crippen LogP contribution in [-0.4, -0.2) is 11.2 Å². The molecular formula is C14H17F4NO. The Morgan fingerprint density at radius 2 is 1.75 bits per heavy atom. The Labute approximate surface area is 114 Å². The zero-order valence-electron chi connectivity index (χ0n) is 10.8. The zero-order valence-corrected chi connectivity index (χ0v) is 10.8. The minimum atomic E-state index is -4.63. The second-order valence-electron chi connectivity index (χ2n) is 5.33. The van der Waals surface area contributed by atoms with Crippen LogP contribution in [0.5, 0.6) is 0 Å². The first-order valence-corrected chi connectivity index (χ1v) is 6.60. The molecule has 20 heavy (non-hydrogen) atoms. The summed E-state index contributed by atoms with van der Waals surface area (Å²) in [6, 6.07) is 1.19. The lowest BCUT2D eigenvalue weighted by molar-refractivity contribution is -0.137. The summed E-state index contributed by atoms with van der Waals surface area (Å²) in [6.45, 7) is 0. The summed E-state index contributed by atoms with van der Waals surface area (Å²) in [6.07, 6.45) is -2.02. The van der Waals surface area contributed by atoms with Gasteiger partial charge in [-0.2, -0.15) is 13.2 Å². The molecule has 1 saturated carbocycles. The number of aliphatic hydroxyl groups is 1. The molecule has 3 N–H and O–H groups in total. The summed E-state index contributed by atoms with van der Waals surface area (Å²) in [5.41, 5.74) is 4.72. The first-order chi connectivity index (χ1) is 9.29. The maximum Gasteiger partial charge on any atom is 0.416 e. The molecule has 0 aromatic heterocycles. The maximum atomic E-state index is 13.3. The van der Waals surface area contributed by atoms with Gasteiger partial charge in [0.1, 0.15) is 5.82 Å². The van der Waals surface area contributed by atoms with E-state index in [1.807, 2.05) is 0 Å². The van der Waals surface area contributed by atoms with Gasteiger partial charge in [-0.15, -0.1) is 0 Å². The average Bonchev–Trinajstić information content (AvgIpc) is 2.89. The van der Waals surface area contributed by atoms with Crippen LogP contribution in [0.3, 0.4) is 0 Å². The maximum absolute atomic E-state index is 13.3. The molecule has 0 aliphatic heterocycles. The number of benzene rings is 1. The summed E-state index contributed by atoms with van der Waals surface area (Å²) >= 11 is 0. The predicted molar refractivity (Wildman–Crippen MR) is 66.3 cm³/mol. The molecule has 1 aromatic carbocycles. The predicted octanol–water partition coefficient (Wildman–Crippen LogP) is 3.40. The summed E-state index contributed by atoms with van der Waals surface area (Å²) in [4.78, 5) is 0. The van der Waals surface area contributed by atoms with E-state index in [9.17, 15) is 22.7 Å². The van der Waals surface area contributed by atoms with Crippen LogP contribution < -0.4 is 5.73 Å². The lowest BCUT2D eigenvalue weighted by Gasteiger charge is -2.25.